The fourth-order valence-electron chi connectivity index (χ4n) is 7.01. The Balaban J connectivity index is 0.000000427. The normalized spacial score (nSPS) is 13.2. The van der Waals surface area contributed by atoms with E-state index in [1.807, 2.05) is 132 Å². The van der Waals surface area contributed by atoms with Crippen molar-refractivity contribution >= 4 is 22.7 Å². The standard InChI is InChI=1S/2C28H42NO2.Mo/c2*1-25(2,3)17-13-19(27(7,8)9)23(30)21(15-17)29-22-16-18(26(4,5)6)14-20(24(22)31)28(10,11)12;/h2*13-16,30-31H,1-12H3;/q2*-1;/p-4. The maximum absolute atomic E-state index is 13.4. The predicted octanol–water partition coefficient (Wildman–Crippen LogP) is 14.7. The first-order chi connectivity index (χ1) is 27.5. The quantitative estimate of drug-likeness (QED) is 0.189. The van der Waals surface area contributed by atoms with Gasteiger partial charge in [-0.2, -0.15) is 0 Å². The number of rotatable bonds is 4. The zero-order chi connectivity index (χ0) is 48.3. The number of nitrogens with zero attached hydrogens (tertiary/aromatic N) is 2. The van der Waals surface area contributed by atoms with Gasteiger partial charge in [0.05, 0.1) is 0 Å². The molecule has 4 aromatic carbocycles. The average molecular weight is 941 g/mol. The van der Waals surface area contributed by atoms with Crippen LogP contribution in [0.25, 0.3) is 10.6 Å². The maximum atomic E-state index is 13.4. The Morgan fingerprint density at radius 3 is 0.508 bits per heavy atom. The third-order valence-electron chi connectivity index (χ3n) is 11.5. The van der Waals surface area contributed by atoms with Gasteiger partial charge in [-0.05, 0) is 65.6 Å². The van der Waals surface area contributed by atoms with Gasteiger partial charge >= 0.3 is 0 Å². The van der Waals surface area contributed by atoms with E-state index in [-0.39, 0.29) is 87.4 Å². The molecular formula is C56H80MoN2O4-6. The Hall–Kier alpha value is -3.63. The fraction of sp³-hybridized carbons (Fsp3) is 0.571. The third kappa shape index (κ3) is 13.7. The first-order valence-electron chi connectivity index (χ1n) is 22.3. The van der Waals surface area contributed by atoms with Crippen molar-refractivity contribution in [3.63, 3.8) is 0 Å². The minimum atomic E-state index is -0.313. The molecule has 6 nitrogen and oxygen atoms in total. The van der Waals surface area contributed by atoms with Crippen molar-refractivity contribution in [2.24, 2.45) is 0 Å². The van der Waals surface area contributed by atoms with Gasteiger partial charge in [-0.25, -0.2) is 0 Å². The van der Waals surface area contributed by atoms with Crippen LogP contribution in [0.15, 0.2) is 48.5 Å². The minimum Gasteiger partial charge on any atom is -0.873 e. The van der Waals surface area contributed by atoms with Crippen LogP contribution in [0, 0.1) is 0 Å². The summed E-state index contributed by atoms with van der Waals surface area (Å²) in [7, 11) is 0. The zero-order valence-corrected chi connectivity index (χ0v) is 45.6. The summed E-state index contributed by atoms with van der Waals surface area (Å²) in [6.45, 7) is 50.0. The van der Waals surface area contributed by atoms with Gasteiger partial charge in [-0.3, -0.25) is 0 Å². The average Bonchev–Trinajstić information content (AvgIpc) is 3.04. The second-order valence-electron chi connectivity index (χ2n) is 25.7. The van der Waals surface area contributed by atoms with Gasteiger partial charge in [0.15, 0.2) is 0 Å². The molecule has 0 N–H and O–H groups in total. The molecular weight excluding hydrogens is 861 g/mol. The Kier molecular flexibility index (Phi) is 16.1. The van der Waals surface area contributed by atoms with Crippen LogP contribution in [0.1, 0.15) is 211 Å². The van der Waals surface area contributed by atoms with E-state index in [1.54, 1.807) is 0 Å². The Morgan fingerprint density at radius 2 is 0.397 bits per heavy atom. The van der Waals surface area contributed by atoms with Gasteiger partial charge in [0.25, 0.3) is 0 Å². The Labute approximate surface area is 398 Å². The van der Waals surface area contributed by atoms with E-state index in [2.05, 4.69) is 83.1 Å². The van der Waals surface area contributed by atoms with Crippen molar-refractivity contribution in [2.75, 3.05) is 0 Å². The largest absolute Gasteiger partial charge is 0.873 e. The van der Waals surface area contributed by atoms with Crippen LogP contribution in [0.5, 0.6) is 23.0 Å². The van der Waals surface area contributed by atoms with Crippen LogP contribution in [0.3, 0.4) is 0 Å². The molecule has 0 saturated carbocycles. The molecule has 0 aliphatic rings. The molecule has 4 rings (SSSR count). The number of hydrogen-bond donors (Lipinski definition) is 0. The van der Waals surface area contributed by atoms with Crippen LogP contribution < -0.4 is 20.4 Å². The summed E-state index contributed by atoms with van der Waals surface area (Å²) in [4.78, 5) is 0. The summed E-state index contributed by atoms with van der Waals surface area (Å²) < 4.78 is 0. The van der Waals surface area contributed by atoms with Gasteiger partial charge in [-0.15, -0.1) is 45.7 Å². The van der Waals surface area contributed by atoms with E-state index in [0.29, 0.717) is 22.7 Å². The molecule has 0 aliphatic carbocycles. The molecule has 0 fully saturated rings. The van der Waals surface area contributed by atoms with Crippen LogP contribution >= 0.6 is 0 Å². The predicted molar refractivity (Wildman–Crippen MR) is 259 cm³/mol. The van der Waals surface area contributed by atoms with Crippen molar-refractivity contribution < 1.29 is 41.5 Å². The van der Waals surface area contributed by atoms with E-state index >= 15 is 0 Å². The van der Waals surface area contributed by atoms with Crippen molar-refractivity contribution in [1.29, 1.82) is 0 Å². The van der Waals surface area contributed by atoms with E-state index in [4.69, 9.17) is 10.6 Å². The third-order valence-corrected chi connectivity index (χ3v) is 11.5. The van der Waals surface area contributed by atoms with Gasteiger partial charge in [-0.1, -0.05) is 237 Å². The first kappa shape index (κ1) is 55.5. The Bertz CT molecular complexity index is 1930. The molecule has 0 radical (unpaired) electrons. The SMILES string of the molecule is CC(C)(C)c1cc([N-]c2cc(C(C)(C)C)cc(C(C)(C)C)c2[O-])c([O-])c(C(C)(C)C)c1.CC(C)(C)c1cc([N-]c2cc(C(C)(C)C)cc(C(C)(C)C)c2[O-])c([O-])c(C(C)(C)C)c1.[Mo]. The molecule has 0 bridgehead atoms. The molecule has 7 heteroatoms. The molecule has 350 valence electrons. The zero-order valence-electron chi connectivity index (χ0n) is 43.6. The molecule has 0 atom stereocenters. The number of hydrogen-bond acceptors (Lipinski definition) is 4. The van der Waals surface area contributed by atoms with Gasteiger partial charge in [0, 0.05) is 21.1 Å². The van der Waals surface area contributed by atoms with Crippen molar-refractivity contribution in [3.05, 3.63) is 104 Å². The first-order valence-corrected chi connectivity index (χ1v) is 22.3. The molecule has 0 unspecified atom stereocenters. The molecule has 0 aromatic heterocycles. The van der Waals surface area contributed by atoms with E-state index in [1.165, 1.54) is 0 Å². The van der Waals surface area contributed by atoms with Crippen molar-refractivity contribution in [2.45, 2.75) is 209 Å². The summed E-state index contributed by atoms with van der Waals surface area (Å²) >= 11 is 0. The summed E-state index contributed by atoms with van der Waals surface area (Å²) in [5, 5.41) is 62.9. The second kappa shape index (κ2) is 18.3. The van der Waals surface area contributed by atoms with Crippen LogP contribution in [-0.2, 0) is 64.4 Å². The van der Waals surface area contributed by atoms with Gasteiger partial charge in [0.1, 0.15) is 0 Å². The summed E-state index contributed by atoms with van der Waals surface area (Å²) in [6.07, 6.45) is 0. The molecule has 0 saturated heterocycles. The molecule has 0 spiro atoms. The topological polar surface area (TPSA) is 120 Å². The fourth-order valence-corrected chi connectivity index (χ4v) is 7.01. The van der Waals surface area contributed by atoms with Crippen molar-refractivity contribution in [3.8, 4) is 23.0 Å². The molecule has 0 amide bonds. The monoisotopic (exact) mass is 943 g/mol. The smallest absolute Gasteiger partial charge is 0 e. The van der Waals surface area contributed by atoms with Crippen LogP contribution in [0.4, 0.5) is 22.7 Å². The molecule has 63 heavy (non-hydrogen) atoms. The molecule has 0 aliphatic heterocycles. The number of benzene rings is 4. The van der Waals surface area contributed by atoms with Gasteiger partial charge < -0.3 is 31.1 Å². The summed E-state index contributed by atoms with van der Waals surface area (Å²) in [5.41, 5.74) is 6.70. The van der Waals surface area contributed by atoms with Crippen molar-refractivity contribution in [1.82, 2.24) is 0 Å². The van der Waals surface area contributed by atoms with E-state index in [0.717, 1.165) is 44.5 Å². The van der Waals surface area contributed by atoms with Crippen LogP contribution in [0.2, 0.25) is 0 Å². The minimum absolute atomic E-state index is 0. The second-order valence-corrected chi connectivity index (χ2v) is 25.7. The van der Waals surface area contributed by atoms with Gasteiger partial charge in [0.2, 0.25) is 0 Å². The summed E-state index contributed by atoms with van der Waals surface area (Å²) in [6, 6.07) is 15.5. The molecule has 4 aromatic rings. The van der Waals surface area contributed by atoms with Crippen LogP contribution in [-0.4, -0.2) is 0 Å². The van der Waals surface area contributed by atoms with E-state index < -0.39 is 0 Å². The summed E-state index contributed by atoms with van der Waals surface area (Å²) in [5.74, 6) is -0.395. The van der Waals surface area contributed by atoms with E-state index in [9.17, 15) is 20.4 Å². The molecule has 0 heterocycles. The maximum Gasteiger partial charge on any atom is 0 e. The Morgan fingerprint density at radius 1 is 0.254 bits per heavy atom.